The third-order valence-corrected chi connectivity index (χ3v) is 5.53. The zero-order valence-corrected chi connectivity index (χ0v) is 17.1. The lowest BCUT2D eigenvalue weighted by Crippen LogP contribution is -2.33. The van der Waals surface area contributed by atoms with Gasteiger partial charge in [0, 0.05) is 10.0 Å². The first-order valence-corrected chi connectivity index (χ1v) is 9.89. The molecule has 0 bridgehead atoms. The van der Waals surface area contributed by atoms with E-state index in [2.05, 4.69) is 15.9 Å². The van der Waals surface area contributed by atoms with E-state index in [0.717, 1.165) is 26.7 Å². The Labute approximate surface area is 174 Å². The molecule has 0 spiro atoms. The zero-order valence-electron chi connectivity index (χ0n) is 13.9. The Morgan fingerprint density at radius 3 is 2.70 bits per heavy atom. The van der Waals surface area contributed by atoms with Gasteiger partial charge in [0.15, 0.2) is 0 Å². The van der Waals surface area contributed by atoms with Gasteiger partial charge in [0.25, 0.3) is 5.91 Å². The number of thioether (sulfide) groups is 1. The van der Waals surface area contributed by atoms with Crippen molar-refractivity contribution < 1.29 is 19.4 Å². The van der Waals surface area contributed by atoms with Gasteiger partial charge < -0.3 is 9.84 Å². The number of hydrogen-bond acceptors (Lipinski definition) is 5. The number of carboxylic acids is 1. The lowest BCUT2D eigenvalue weighted by Gasteiger charge is -2.11. The highest BCUT2D eigenvalue weighted by Gasteiger charge is 2.33. The van der Waals surface area contributed by atoms with Crippen LogP contribution in [0.5, 0.6) is 5.75 Å². The van der Waals surface area contributed by atoms with E-state index in [1.807, 2.05) is 48.5 Å². The number of carbonyl (C=O) groups is 2. The standard InChI is InChI=1S/C19H14BrNO4S2/c20-14-6-7-15(25-11-12-4-2-1-3-5-12)13(8-14)9-16-18(24)21(10-17(22)23)19(26)27-16/h1-9H,10-11H2,(H,22,23). The number of aliphatic carboxylic acids is 1. The lowest BCUT2D eigenvalue weighted by atomic mass is 10.1. The number of nitrogens with zero attached hydrogens (tertiary/aromatic N) is 1. The second-order valence-corrected chi connectivity index (χ2v) is 8.21. The van der Waals surface area contributed by atoms with E-state index in [0.29, 0.717) is 22.8 Å². The molecule has 0 aliphatic carbocycles. The van der Waals surface area contributed by atoms with Crippen LogP contribution in [0, 0.1) is 0 Å². The second-order valence-electron chi connectivity index (χ2n) is 5.62. The summed E-state index contributed by atoms with van der Waals surface area (Å²) in [6, 6.07) is 15.3. The van der Waals surface area contributed by atoms with Crippen molar-refractivity contribution in [1.82, 2.24) is 4.90 Å². The third kappa shape index (κ3) is 4.97. The number of thiocarbonyl (C=S) groups is 1. The number of halogens is 1. The highest BCUT2D eigenvalue weighted by molar-refractivity contribution is 9.10. The van der Waals surface area contributed by atoms with Gasteiger partial charge in [-0.2, -0.15) is 0 Å². The summed E-state index contributed by atoms with van der Waals surface area (Å²) in [5.74, 6) is -0.908. The largest absolute Gasteiger partial charge is 0.488 e. The van der Waals surface area contributed by atoms with Crippen molar-refractivity contribution in [3.05, 3.63) is 69.0 Å². The topological polar surface area (TPSA) is 66.8 Å². The molecule has 2 aromatic carbocycles. The van der Waals surface area contributed by atoms with Crippen LogP contribution >= 0.6 is 39.9 Å². The SMILES string of the molecule is O=C(O)CN1C(=O)C(=Cc2cc(Br)ccc2OCc2ccccc2)SC1=S. The van der Waals surface area contributed by atoms with Crippen LogP contribution in [0.25, 0.3) is 6.08 Å². The quantitative estimate of drug-likeness (QED) is 0.508. The minimum atomic E-state index is -1.11. The van der Waals surface area contributed by atoms with E-state index in [-0.39, 0.29) is 4.32 Å². The Kier molecular flexibility index (Phi) is 6.30. The molecule has 1 aliphatic rings. The Balaban J connectivity index is 1.84. The fourth-order valence-electron chi connectivity index (χ4n) is 2.41. The predicted octanol–water partition coefficient (Wildman–Crippen LogP) is 4.31. The molecule has 1 N–H and O–H groups in total. The first-order valence-electron chi connectivity index (χ1n) is 7.87. The highest BCUT2D eigenvalue weighted by Crippen LogP contribution is 2.35. The fourth-order valence-corrected chi connectivity index (χ4v) is 4.04. The van der Waals surface area contributed by atoms with Gasteiger partial charge in [-0.25, -0.2) is 0 Å². The van der Waals surface area contributed by atoms with Gasteiger partial charge in [-0.15, -0.1) is 0 Å². The molecule has 1 heterocycles. The van der Waals surface area contributed by atoms with E-state index in [1.54, 1.807) is 6.08 Å². The normalized spacial score (nSPS) is 15.4. The summed E-state index contributed by atoms with van der Waals surface area (Å²) in [4.78, 5) is 24.8. The molecule has 0 unspecified atom stereocenters. The zero-order chi connectivity index (χ0) is 19.4. The van der Waals surface area contributed by atoms with Crippen molar-refractivity contribution in [2.24, 2.45) is 0 Å². The highest BCUT2D eigenvalue weighted by atomic mass is 79.9. The van der Waals surface area contributed by atoms with E-state index in [4.69, 9.17) is 22.1 Å². The Morgan fingerprint density at radius 1 is 1.26 bits per heavy atom. The van der Waals surface area contributed by atoms with Crippen LogP contribution in [0.1, 0.15) is 11.1 Å². The number of carbonyl (C=O) groups excluding carboxylic acids is 1. The Bertz CT molecular complexity index is 931. The number of amides is 1. The minimum absolute atomic E-state index is 0.232. The van der Waals surface area contributed by atoms with Crippen LogP contribution in [0.2, 0.25) is 0 Å². The van der Waals surface area contributed by atoms with Crippen molar-refractivity contribution in [2.45, 2.75) is 6.61 Å². The van der Waals surface area contributed by atoms with Crippen LogP contribution in [-0.4, -0.2) is 32.7 Å². The molecule has 138 valence electrons. The molecule has 1 fully saturated rings. The average molecular weight is 464 g/mol. The maximum Gasteiger partial charge on any atom is 0.323 e. The molecule has 5 nitrogen and oxygen atoms in total. The third-order valence-electron chi connectivity index (χ3n) is 3.66. The van der Waals surface area contributed by atoms with Crippen LogP contribution in [0.4, 0.5) is 0 Å². The molecule has 3 rings (SSSR count). The summed E-state index contributed by atoms with van der Waals surface area (Å²) < 4.78 is 6.98. The van der Waals surface area contributed by atoms with Crippen molar-refractivity contribution in [2.75, 3.05) is 6.54 Å². The van der Waals surface area contributed by atoms with E-state index < -0.39 is 18.4 Å². The van der Waals surface area contributed by atoms with Gasteiger partial charge in [0.05, 0.1) is 4.91 Å². The van der Waals surface area contributed by atoms with Crippen molar-refractivity contribution >= 4 is 62.2 Å². The molecule has 0 aromatic heterocycles. The molecular weight excluding hydrogens is 450 g/mol. The van der Waals surface area contributed by atoms with Gasteiger partial charge in [0.1, 0.15) is 23.2 Å². The fraction of sp³-hybridized carbons (Fsp3) is 0.105. The van der Waals surface area contributed by atoms with Gasteiger partial charge in [-0.05, 0) is 29.8 Å². The molecule has 8 heteroatoms. The second kappa shape index (κ2) is 8.69. The van der Waals surface area contributed by atoms with Crippen molar-refractivity contribution in [1.29, 1.82) is 0 Å². The van der Waals surface area contributed by atoms with Crippen LogP contribution in [0.15, 0.2) is 57.9 Å². The molecule has 0 atom stereocenters. The summed E-state index contributed by atoms with van der Waals surface area (Å²) in [5, 5.41) is 8.94. The smallest absolute Gasteiger partial charge is 0.323 e. The maximum absolute atomic E-state index is 12.5. The molecule has 2 aromatic rings. The summed E-state index contributed by atoms with van der Waals surface area (Å²) >= 11 is 9.63. The van der Waals surface area contributed by atoms with E-state index in [9.17, 15) is 9.59 Å². The van der Waals surface area contributed by atoms with Gasteiger partial charge in [-0.1, -0.05) is 70.2 Å². The van der Waals surface area contributed by atoms with Crippen molar-refractivity contribution in [3.8, 4) is 5.75 Å². The molecule has 27 heavy (non-hydrogen) atoms. The van der Waals surface area contributed by atoms with Gasteiger partial charge >= 0.3 is 5.97 Å². The summed E-state index contributed by atoms with van der Waals surface area (Å²) in [7, 11) is 0. The first-order chi connectivity index (χ1) is 12.9. The van der Waals surface area contributed by atoms with Crippen molar-refractivity contribution in [3.63, 3.8) is 0 Å². The molecule has 0 saturated carbocycles. The number of benzene rings is 2. The summed E-state index contributed by atoms with van der Waals surface area (Å²) in [6.07, 6.45) is 1.67. The van der Waals surface area contributed by atoms with Crippen LogP contribution < -0.4 is 4.74 Å². The number of hydrogen-bond donors (Lipinski definition) is 1. The predicted molar refractivity (Wildman–Crippen MR) is 112 cm³/mol. The monoisotopic (exact) mass is 463 g/mol. The number of carboxylic acid groups (broad SMARTS) is 1. The summed E-state index contributed by atoms with van der Waals surface area (Å²) in [6.45, 7) is -0.0544. The number of rotatable bonds is 6. The van der Waals surface area contributed by atoms with E-state index in [1.165, 1.54) is 0 Å². The van der Waals surface area contributed by atoms with Gasteiger partial charge in [-0.3, -0.25) is 14.5 Å². The first kappa shape index (κ1) is 19.6. The van der Waals surface area contributed by atoms with E-state index >= 15 is 0 Å². The Hall–Kier alpha value is -2.16. The number of ether oxygens (including phenoxy) is 1. The molecule has 1 saturated heterocycles. The van der Waals surface area contributed by atoms with Gasteiger partial charge in [0.2, 0.25) is 0 Å². The molecule has 1 aliphatic heterocycles. The Morgan fingerprint density at radius 2 is 2.00 bits per heavy atom. The summed E-state index contributed by atoms with van der Waals surface area (Å²) in [5.41, 5.74) is 1.73. The molecular formula is C19H14BrNO4S2. The average Bonchev–Trinajstić information content (AvgIpc) is 2.89. The molecule has 1 amide bonds. The lowest BCUT2D eigenvalue weighted by molar-refractivity contribution is -0.140. The molecule has 0 radical (unpaired) electrons. The maximum atomic E-state index is 12.5. The minimum Gasteiger partial charge on any atom is -0.488 e. The van der Waals surface area contributed by atoms with Crippen LogP contribution in [0.3, 0.4) is 0 Å². The van der Waals surface area contributed by atoms with Crippen LogP contribution in [-0.2, 0) is 16.2 Å².